The van der Waals surface area contributed by atoms with E-state index in [2.05, 4.69) is 0 Å². The Morgan fingerprint density at radius 3 is 2.41 bits per heavy atom. The summed E-state index contributed by atoms with van der Waals surface area (Å²) >= 11 is 5.89. The average Bonchev–Trinajstić information content (AvgIpc) is 2.68. The summed E-state index contributed by atoms with van der Waals surface area (Å²) in [6.45, 7) is 1.18. The Hall–Kier alpha value is -2.37. The molecule has 0 aliphatic carbocycles. The highest BCUT2D eigenvalue weighted by atomic mass is 35.5. The number of hydrogen-bond donors (Lipinski definition) is 2. The van der Waals surface area contributed by atoms with Crippen molar-refractivity contribution in [1.82, 2.24) is 4.90 Å². The number of hydrogen-bond acceptors (Lipinski definition) is 3. The van der Waals surface area contributed by atoms with Crippen LogP contribution in [0.3, 0.4) is 0 Å². The van der Waals surface area contributed by atoms with E-state index < -0.39 is 12.1 Å². The third-order valence-electron chi connectivity index (χ3n) is 5.08. The van der Waals surface area contributed by atoms with Gasteiger partial charge in [0.15, 0.2) is 0 Å². The van der Waals surface area contributed by atoms with Crippen molar-refractivity contribution in [2.24, 2.45) is 5.92 Å². The van der Waals surface area contributed by atoms with Crippen molar-refractivity contribution in [1.29, 1.82) is 0 Å². The minimum absolute atomic E-state index is 0.0167. The molecule has 5 nitrogen and oxygen atoms in total. The van der Waals surface area contributed by atoms with E-state index >= 15 is 0 Å². The van der Waals surface area contributed by atoms with Gasteiger partial charge < -0.3 is 15.1 Å². The van der Waals surface area contributed by atoms with E-state index in [0.717, 1.165) is 18.4 Å². The number of benzene rings is 2. The molecule has 27 heavy (non-hydrogen) atoms. The monoisotopic (exact) mass is 387 g/mol. The second kappa shape index (κ2) is 8.55. The first-order chi connectivity index (χ1) is 12.9. The molecular weight excluding hydrogens is 366 g/mol. The molecule has 1 amide bonds. The minimum atomic E-state index is -0.999. The van der Waals surface area contributed by atoms with Gasteiger partial charge in [-0.05, 0) is 54.2 Å². The summed E-state index contributed by atoms with van der Waals surface area (Å²) in [5.41, 5.74) is 1.72. The zero-order chi connectivity index (χ0) is 19.4. The molecule has 6 heteroatoms. The van der Waals surface area contributed by atoms with Gasteiger partial charge in [-0.3, -0.25) is 4.79 Å². The van der Waals surface area contributed by atoms with Crippen LogP contribution in [0, 0.1) is 5.92 Å². The molecule has 1 fully saturated rings. The van der Waals surface area contributed by atoms with Crippen LogP contribution in [0.1, 0.15) is 40.4 Å². The van der Waals surface area contributed by atoms with Gasteiger partial charge in [-0.15, -0.1) is 0 Å². The van der Waals surface area contributed by atoms with E-state index in [1.807, 2.05) is 12.1 Å². The van der Waals surface area contributed by atoms with E-state index in [-0.39, 0.29) is 23.8 Å². The number of aromatic carboxylic acids is 1. The Labute approximate surface area is 163 Å². The molecule has 0 bridgehead atoms. The first-order valence-electron chi connectivity index (χ1n) is 8.97. The van der Waals surface area contributed by atoms with Gasteiger partial charge in [0, 0.05) is 18.1 Å². The zero-order valence-corrected chi connectivity index (χ0v) is 15.6. The summed E-state index contributed by atoms with van der Waals surface area (Å²) in [6.07, 6.45) is 1.08. The molecule has 1 heterocycles. The number of likely N-dealkylation sites (tertiary alicyclic amines) is 1. The second-order valence-electron chi connectivity index (χ2n) is 6.90. The molecular formula is C21H22ClNO4. The van der Waals surface area contributed by atoms with Crippen molar-refractivity contribution in [2.45, 2.75) is 25.4 Å². The third kappa shape index (κ3) is 4.87. The predicted molar refractivity (Wildman–Crippen MR) is 103 cm³/mol. The van der Waals surface area contributed by atoms with Gasteiger partial charge >= 0.3 is 5.97 Å². The van der Waals surface area contributed by atoms with Gasteiger partial charge in [-0.1, -0.05) is 35.9 Å². The summed E-state index contributed by atoms with van der Waals surface area (Å²) in [5, 5.41) is 20.3. The summed E-state index contributed by atoms with van der Waals surface area (Å²) < 4.78 is 0. The van der Waals surface area contributed by atoms with Crippen molar-refractivity contribution in [3.8, 4) is 0 Å². The molecule has 2 N–H and O–H groups in total. The Bertz CT molecular complexity index is 813. The number of nitrogens with zero attached hydrogens (tertiary/aromatic N) is 1. The lowest BCUT2D eigenvalue weighted by Gasteiger charge is -2.34. The standard InChI is InChI=1S/C21H22ClNO4/c22-18-6-4-15(5-7-18)20(25)16-8-10-23(11-9-16)19(24)13-14-2-1-3-17(12-14)21(26)27/h1-7,12,16,20,25H,8-11,13H2,(H,26,27). The van der Waals surface area contributed by atoms with E-state index in [1.165, 1.54) is 12.1 Å². The molecule has 2 aromatic carbocycles. The van der Waals surface area contributed by atoms with Gasteiger partial charge in [0.05, 0.1) is 18.1 Å². The van der Waals surface area contributed by atoms with Gasteiger partial charge in [0.25, 0.3) is 0 Å². The van der Waals surface area contributed by atoms with Crippen molar-refractivity contribution in [3.05, 3.63) is 70.2 Å². The summed E-state index contributed by atoms with van der Waals surface area (Å²) in [5.74, 6) is -0.913. The Morgan fingerprint density at radius 1 is 1.11 bits per heavy atom. The lowest BCUT2D eigenvalue weighted by molar-refractivity contribution is -0.132. The van der Waals surface area contributed by atoms with Crippen LogP contribution >= 0.6 is 11.6 Å². The Morgan fingerprint density at radius 2 is 1.78 bits per heavy atom. The van der Waals surface area contributed by atoms with Crippen LogP contribution in [-0.4, -0.2) is 40.1 Å². The van der Waals surface area contributed by atoms with Crippen molar-refractivity contribution in [2.75, 3.05) is 13.1 Å². The maximum atomic E-state index is 12.5. The molecule has 1 atom stereocenters. The van der Waals surface area contributed by atoms with Crippen LogP contribution < -0.4 is 0 Å². The molecule has 2 aromatic rings. The molecule has 1 unspecified atom stereocenters. The molecule has 0 radical (unpaired) electrons. The number of amides is 1. The molecule has 0 aromatic heterocycles. The number of aliphatic hydroxyl groups is 1. The maximum absolute atomic E-state index is 12.5. The number of rotatable bonds is 5. The van der Waals surface area contributed by atoms with E-state index in [1.54, 1.807) is 29.2 Å². The van der Waals surface area contributed by atoms with Crippen LogP contribution in [0.15, 0.2) is 48.5 Å². The van der Waals surface area contributed by atoms with Gasteiger partial charge in [0.2, 0.25) is 5.91 Å². The highest BCUT2D eigenvalue weighted by molar-refractivity contribution is 6.30. The highest BCUT2D eigenvalue weighted by Crippen LogP contribution is 2.31. The lowest BCUT2D eigenvalue weighted by Crippen LogP contribution is -2.40. The zero-order valence-electron chi connectivity index (χ0n) is 14.8. The van der Waals surface area contributed by atoms with Crippen LogP contribution in [0.25, 0.3) is 0 Å². The minimum Gasteiger partial charge on any atom is -0.478 e. The number of aliphatic hydroxyl groups excluding tert-OH is 1. The van der Waals surface area contributed by atoms with Crippen LogP contribution in [0.4, 0.5) is 0 Å². The molecule has 1 saturated heterocycles. The average molecular weight is 388 g/mol. The maximum Gasteiger partial charge on any atom is 0.335 e. The topological polar surface area (TPSA) is 77.8 Å². The molecule has 0 saturated carbocycles. The van der Waals surface area contributed by atoms with E-state index in [0.29, 0.717) is 23.7 Å². The number of halogens is 1. The molecule has 1 aliphatic heterocycles. The molecule has 3 rings (SSSR count). The largest absolute Gasteiger partial charge is 0.478 e. The van der Waals surface area contributed by atoms with Crippen molar-refractivity contribution in [3.63, 3.8) is 0 Å². The fourth-order valence-electron chi connectivity index (χ4n) is 3.50. The third-order valence-corrected chi connectivity index (χ3v) is 5.33. The lowest BCUT2D eigenvalue weighted by atomic mass is 9.87. The quantitative estimate of drug-likeness (QED) is 0.822. The molecule has 1 aliphatic rings. The first-order valence-corrected chi connectivity index (χ1v) is 9.35. The van der Waals surface area contributed by atoms with Crippen molar-refractivity contribution < 1.29 is 19.8 Å². The Kier molecular flexibility index (Phi) is 6.14. The SMILES string of the molecule is O=C(O)c1cccc(CC(=O)N2CCC(C(O)c3ccc(Cl)cc3)CC2)c1. The number of piperidine rings is 1. The normalized spacial score (nSPS) is 16.1. The Balaban J connectivity index is 1.55. The fourth-order valence-corrected chi connectivity index (χ4v) is 3.62. The summed E-state index contributed by atoms with van der Waals surface area (Å²) in [6, 6.07) is 13.7. The molecule has 0 spiro atoms. The predicted octanol–water partition coefficient (Wildman–Crippen LogP) is 3.55. The van der Waals surface area contributed by atoms with E-state index in [9.17, 15) is 14.7 Å². The number of carbonyl (C=O) groups is 2. The highest BCUT2D eigenvalue weighted by Gasteiger charge is 2.28. The summed E-state index contributed by atoms with van der Waals surface area (Å²) in [7, 11) is 0. The second-order valence-corrected chi connectivity index (χ2v) is 7.33. The number of carboxylic acids is 1. The van der Waals surface area contributed by atoms with Gasteiger partial charge in [0.1, 0.15) is 0 Å². The smallest absolute Gasteiger partial charge is 0.335 e. The van der Waals surface area contributed by atoms with Crippen LogP contribution in [-0.2, 0) is 11.2 Å². The van der Waals surface area contributed by atoms with Crippen molar-refractivity contribution >= 4 is 23.5 Å². The number of carboxylic acid groups (broad SMARTS) is 1. The van der Waals surface area contributed by atoms with Crippen LogP contribution in [0.5, 0.6) is 0 Å². The number of carbonyl (C=O) groups excluding carboxylic acids is 1. The van der Waals surface area contributed by atoms with Crippen LogP contribution in [0.2, 0.25) is 5.02 Å². The van der Waals surface area contributed by atoms with E-state index in [4.69, 9.17) is 16.7 Å². The van der Waals surface area contributed by atoms with Gasteiger partial charge in [-0.2, -0.15) is 0 Å². The molecule has 142 valence electrons. The van der Waals surface area contributed by atoms with Gasteiger partial charge in [-0.25, -0.2) is 4.79 Å². The summed E-state index contributed by atoms with van der Waals surface area (Å²) in [4.78, 5) is 25.4. The first kappa shape index (κ1) is 19.4. The fraction of sp³-hybridized carbons (Fsp3) is 0.333.